The molecule has 1 saturated heterocycles. The lowest BCUT2D eigenvalue weighted by Crippen LogP contribution is -2.50. The second-order valence-corrected chi connectivity index (χ2v) is 12.0. The van der Waals surface area contributed by atoms with Crippen LogP contribution in [0.5, 0.6) is 0 Å². The molecule has 1 heterocycles. The summed E-state index contributed by atoms with van der Waals surface area (Å²) in [6.07, 6.45) is -7.66. The van der Waals surface area contributed by atoms with E-state index >= 15 is 0 Å². The first kappa shape index (κ1) is 34.0. The molecule has 1 aliphatic carbocycles. The number of hydrogen-bond acceptors (Lipinski definition) is 3. The Balaban J connectivity index is 1.56. The maximum atomic E-state index is 14.0. The van der Waals surface area contributed by atoms with Crippen molar-refractivity contribution in [2.24, 2.45) is 17.6 Å². The normalized spacial score (nSPS) is 22.6. The number of piperidine rings is 1. The third-order valence-electron chi connectivity index (χ3n) is 8.74. The Labute approximate surface area is 255 Å². The van der Waals surface area contributed by atoms with Crippen LogP contribution in [0.1, 0.15) is 65.8 Å². The van der Waals surface area contributed by atoms with Crippen molar-refractivity contribution < 1.29 is 45.1 Å². The van der Waals surface area contributed by atoms with Crippen molar-refractivity contribution in [2.45, 2.75) is 69.9 Å². The number of nitrogens with two attached hydrogens (primary N) is 1. The van der Waals surface area contributed by atoms with Crippen molar-refractivity contribution in [1.82, 2.24) is 15.1 Å². The number of halogens is 7. The topological polar surface area (TPSA) is 95.7 Å². The standard InChI is InChI=1S/C31H35F7N4O3/c1-17-11-22(32)5-8-24(17)26-16-42(27(43)19-3-6-23(7-4-19)40-29(39)45)10-9-25(26)28(44)41(2)15-18-12-20(30(33,34)35)14-21(13-18)31(36,37)38/h5,8,11-14,19,23,25-26H,3-4,6-7,9-10,15-16H2,1-2H3,(H3,39,40,45)/t19-,23-,25-,26+/m1/s1. The van der Waals surface area contributed by atoms with E-state index in [2.05, 4.69) is 5.32 Å². The van der Waals surface area contributed by atoms with Gasteiger partial charge in [0.25, 0.3) is 0 Å². The highest BCUT2D eigenvalue weighted by molar-refractivity contribution is 5.82. The molecule has 4 rings (SSSR count). The van der Waals surface area contributed by atoms with Gasteiger partial charge >= 0.3 is 18.4 Å². The van der Waals surface area contributed by atoms with Gasteiger partial charge < -0.3 is 20.9 Å². The number of likely N-dealkylation sites (tertiary alicyclic amines) is 1. The van der Waals surface area contributed by atoms with Crippen molar-refractivity contribution in [3.8, 4) is 0 Å². The van der Waals surface area contributed by atoms with Gasteiger partial charge in [-0.25, -0.2) is 9.18 Å². The molecule has 2 aliphatic rings. The van der Waals surface area contributed by atoms with Crippen LogP contribution in [0.4, 0.5) is 35.5 Å². The van der Waals surface area contributed by atoms with E-state index in [-0.39, 0.29) is 49.0 Å². The number of alkyl halides is 6. The largest absolute Gasteiger partial charge is 0.416 e. The molecule has 2 aromatic carbocycles. The molecule has 0 unspecified atom stereocenters. The van der Waals surface area contributed by atoms with Crippen LogP contribution in [0.2, 0.25) is 0 Å². The van der Waals surface area contributed by atoms with Crippen LogP contribution in [0.25, 0.3) is 0 Å². The molecule has 0 radical (unpaired) electrons. The average molecular weight is 645 g/mol. The highest BCUT2D eigenvalue weighted by atomic mass is 19.4. The average Bonchev–Trinajstić information content (AvgIpc) is 2.95. The minimum Gasteiger partial charge on any atom is -0.352 e. The van der Waals surface area contributed by atoms with Crippen molar-refractivity contribution in [3.05, 3.63) is 70.0 Å². The molecule has 7 nitrogen and oxygen atoms in total. The van der Waals surface area contributed by atoms with Crippen LogP contribution < -0.4 is 11.1 Å². The number of rotatable bonds is 6. The fourth-order valence-corrected chi connectivity index (χ4v) is 6.51. The second-order valence-electron chi connectivity index (χ2n) is 12.0. The number of aryl methyl sites for hydroxylation is 1. The van der Waals surface area contributed by atoms with Gasteiger partial charge in [-0.2, -0.15) is 26.3 Å². The molecule has 1 saturated carbocycles. The first-order chi connectivity index (χ1) is 20.9. The monoisotopic (exact) mass is 644 g/mol. The summed E-state index contributed by atoms with van der Waals surface area (Å²) < 4.78 is 94.4. The summed E-state index contributed by atoms with van der Waals surface area (Å²) in [4.78, 5) is 41.3. The van der Waals surface area contributed by atoms with Gasteiger partial charge in [-0.1, -0.05) is 6.07 Å². The fourth-order valence-electron chi connectivity index (χ4n) is 6.51. The minimum absolute atomic E-state index is 0.0338. The van der Waals surface area contributed by atoms with E-state index in [1.807, 2.05) is 0 Å². The molecule has 1 aliphatic heterocycles. The molecule has 2 aromatic rings. The Morgan fingerprint density at radius 1 is 0.933 bits per heavy atom. The number of primary amides is 1. The van der Waals surface area contributed by atoms with E-state index < -0.39 is 59.6 Å². The maximum absolute atomic E-state index is 14.0. The lowest BCUT2D eigenvalue weighted by Gasteiger charge is -2.42. The van der Waals surface area contributed by atoms with E-state index in [1.165, 1.54) is 25.2 Å². The minimum atomic E-state index is -5.03. The predicted molar refractivity (Wildman–Crippen MR) is 150 cm³/mol. The lowest BCUT2D eigenvalue weighted by atomic mass is 9.77. The van der Waals surface area contributed by atoms with Crippen LogP contribution in [0.3, 0.4) is 0 Å². The molecule has 3 N–H and O–H groups in total. The Bertz CT molecular complexity index is 1390. The van der Waals surface area contributed by atoms with Crippen molar-refractivity contribution in [2.75, 3.05) is 20.1 Å². The SMILES string of the molecule is Cc1cc(F)ccc1[C@@H]1CN(C(=O)[C@H]2CC[C@H](NC(N)=O)CC2)CC[C@H]1C(=O)N(C)Cc1cc(C(F)(F)F)cc(C(F)(F)F)c1. The summed E-state index contributed by atoms with van der Waals surface area (Å²) in [6, 6.07) is 4.54. The van der Waals surface area contributed by atoms with E-state index in [4.69, 9.17) is 5.73 Å². The zero-order valence-electron chi connectivity index (χ0n) is 24.8. The van der Waals surface area contributed by atoms with Crippen molar-refractivity contribution in [3.63, 3.8) is 0 Å². The summed E-state index contributed by atoms with van der Waals surface area (Å²) in [7, 11) is 1.31. The Kier molecular flexibility index (Phi) is 10.0. The fraction of sp³-hybridized carbons (Fsp3) is 0.516. The number of amides is 4. The van der Waals surface area contributed by atoms with Gasteiger partial charge in [0.15, 0.2) is 0 Å². The van der Waals surface area contributed by atoms with Crippen LogP contribution >= 0.6 is 0 Å². The molecular formula is C31H35F7N4O3. The zero-order valence-corrected chi connectivity index (χ0v) is 24.8. The molecule has 4 amide bonds. The number of nitrogens with zero attached hydrogens (tertiary/aromatic N) is 2. The molecule has 2 fully saturated rings. The van der Waals surface area contributed by atoms with Crippen LogP contribution in [0, 0.1) is 24.6 Å². The highest BCUT2D eigenvalue weighted by Crippen LogP contribution is 2.39. The molecule has 0 aromatic heterocycles. The van der Waals surface area contributed by atoms with Gasteiger partial charge in [-0.3, -0.25) is 9.59 Å². The van der Waals surface area contributed by atoms with E-state index in [1.54, 1.807) is 11.8 Å². The first-order valence-electron chi connectivity index (χ1n) is 14.6. The lowest BCUT2D eigenvalue weighted by molar-refractivity contribution is -0.144. The third-order valence-corrected chi connectivity index (χ3v) is 8.74. The number of benzene rings is 2. The number of carbonyl (C=O) groups excluding carboxylic acids is 3. The molecule has 0 spiro atoms. The molecular weight excluding hydrogens is 609 g/mol. The van der Waals surface area contributed by atoms with E-state index in [9.17, 15) is 45.1 Å². The Morgan fingerprint density at radius 2 is 1.53 bits per heavy atom. The van der Waals surface area contributed by atoms with E-state index in [0.29, 0.717) is 48.9 Å². The third kappa shape index (κ3) is 8.26. The first-order valence-corrected chi connectivity index (χ1v) is 14.6. The van der Waals surface area contributed by atoms with Gasteiger partial charge in [0.2, 0.25) is 11.8 Å². The van der Waals surface area contributed by atoms with Crippen molar-refractivity contribution >= 4 is 17.8 Å². The summed E-state index contributed by atoms with van der Waals surface area (Å²) in [6.45, 7) is 1.49. The van der Waals surface area contributed by atoms with Gasteiger partial charge in [-0.05, 0) is 86.1 Å². The molecule has 246 valence electrons. The number of carbonyl (C=O) groups is 3. The number of urea groups is 1. The maximum Gasteiger partial charge on any atom is 0.416 e. The second kappa shape index (κ2) is 13.3. The Hall–Kier alpha value is -3.84. The molecule has 0 bridgehead atoms. The summed E-state index contributed by atoms with van der Waals surface area (Å²) in [5.41, 5.74) is 3.08. The Morgan fingerprint density at radius 3 is 2.07 bits per heavy atom. The smallest absolute Gasteiger partial charge is 0.352 e. The van der Waals surface area contributed by atoms with Gasteiger partial charge in [0.1, 0.15) is 5.82 Å². The molecule has 2 atom stereocenters. The summed E-state index contributed by atoms with van der Waals surface area (Å²) >= 11 is 0. The van der Waals surface area contributed by atoms with Crippen LogP contribution in [0.15, 0.2) is 36.4 Å². The van der Waals surface area contributed by atoms with E-state index in [0.717, 1.165) is 4.90 Å². The van der Waals surface area contributed by atoms with Gasteiger partial charge in [-0.15, -0.1) is 0 Å². The van der Waals surface area contributed by atoms with Gasteiger partial charge in [0, 0.05) is 50.5 Å². The number of hydrogen-bond donors (Lipinski definition) is 2. The van der Waals surface area contributed by atoms with Gasteiger partial charge in [0.05, 0.1) is 11.1 Å². The molecule has 45 heavy (non-hydrogen) atoms. The van der Waals surface area contributed by atoms with Crippen LogP contribution in [-0.2, 0) is 28.5 Å². The zero-order chi connectivity index (χ0) is 33.3. The summed E-state index contributed by atoms with van der Waals surface area (Å²) in [5.74, 6) is -2.79. The predicted octanol–water partition coefficient (Wildman–Crippen LogP) is 5.99. The van der Waals surface area contributed by atoms with Crippen molar-refractivity contribution in [1.29, 1.82) is 0 Å². The number of nitrogens with one attached hydrogen (secondary N) is 1. The highest BCUT2D eigenvalue weighted by Gasteiger charge is 2.41. The van der Waals surface area contributed by atoms with Crippen LogP contribution in [-0.4, -0.2) is 53.8 Å². The quantitative estimate of drug-likeness (QED) is 0.379. The molecule has 14 heteroatoms. The summed E-state index contributed by atoms with van der Waals surface area (Å²) in [5, 5.41) is 2.66.